The van der Waals surface area contributed by atoms with Crippen molar-refractivity contribution >= 4 is 12.3 Å². The summed E-state index contributed by atoms with van der Waals surface area (Å²) in [6, 6.07) is 8.64. The van der Waals surface area contributed by atoms with Crippen LogP contribution in [-0.2, 0) is 14.3 Å². The van der Waals surface area contributed by atoms with Gasteiger partial charge in [-0.3, -0.25) is 4.79 Å². The molecule has 0 aromatic heterocycles. The van der Waals surface area contributed by atoms with Crippen LogP contribution in [0.2, 0.25) is 0 Å². The summed E-state index contributed by atoms with van der Waals surface area (Å²) >= 11 is 0. The number of hydrogen-bond acceptors (Lipinski definition) is 4. The normalized spacial score (nSPS) is 10.8. The molecule has 0 spiro atoms. The first-order valence-electron chi connectivity index (χ1n) is 4.61. The van der Waals surface area contributed by atoms with Gasteiger partial charge in [-0.1, -0.05) is 18.2 Å². The summed E-state index contributed by atoms with van der Waals surface area (Å²) < 4.78 is 9.81. The molecule has 4 nitrogen and oxygen atoms in total. The molecule has 0 aliphatic heterocycles. The van der Waals surface area contributed by atoms with Crippen molar-refractivity contribution in [2.45, 2.75) is 13.0 Å². The van der Waals surface area contributed by atoms with Gasteiger partial charge < -0.3 is 9.47 Å². The Bertz CT molecular complexity index is 326. The standard InChI is InChI=1S/C11H12O4.Na/c1-2-14-11(13)10(8-12)15-9-6-4-3-5-7-9;/h3-8,10H,2H2,1H3;/q;+1. The summed E-state index contributed by atoms with van der Waals surface area (Å²) in [7, 11) is 0. The summed E-state index contributed by atoms with van der Waals surface area (Å²) in [5.41, 5.74) is 0. The average molecular weight is 231 g/mol. The Kier molecular flexibility index (Phi) is 7.89. The summed E-state index contributed by atoms with van der Waals surface area (Å²) in [5.74, 6) is -0.209. The summed E-state index contributed by atoms with van der Waals surface area (Å²) in [5, 5.41) is 0. The fourth-order valence-corrected chi connectivity index (χ4v) is 1.00. The zero-order valence-corrected chi connectivity index (χ0v) is 11.4. The number of ether oxygens (including phenoxy) is 2. The molecule has 1 rings (SSSR count). The van der Waals surface area contributed by atoms with Crippen molar-refractivity contribution in [2.24, 2.45) is 0 Å². The smallest absolute Gasteiger partial charge is 0.471 e. The molecule has 1 unspecified atom stereocenters. The van der Waals surface area contributed by atoms with Crippen molar-refractivity contribution in [2.75, 3.05) is 6.61 Å². The predicted molar refractivity (Wildman–Crippen MR) is 53.6 cm³/mol. The molecule has 0 heterocycles. The third kappa shape index (κ3) is 4.79. The van der Waals surface area contributed by atoms with Crippen molar-refractivity contribution < 1.29 is 48.6 Å². The van der Waals surface area contributed by atoms with E-state index in [4.69, 9.17) is 4.74 Å². The van der Waals surface area contributed by atoms with Gasteiger partial charge in [-0.25, -0.2) is 4.79 Å². The molecule has 5 heteroatoms. The second-order valence-electron chi connectivity index (χ2n) is 2.74. The zero-order chi connectivity index (χ0) is 11.1. The van der Waals surface area contributed by atoms with Crippen LogP contribution in [0.3, 0.4) is 0 Å². The molecule has 0 radical (unpaired) electrons. The molecule has 0 bridgehead atoms. The van der Waals surface area contributed by atoms with Crippen LogP contribution >= 0.6 is 0 Å². The Morgan fingerprint density at radius 2 is 2.00 bits per heavy atom. The molecule has 1 atom stereocenters. The molecule has 0 saturated carbocycles. The van der Waals surface area contributed by atoms with E-state index in [9.17, 15) is 9.59 Å². The SMILES string of the molecule is CCOC(=O)C(C=O)Oc1ccccc1.[Na+]. The van der Waals surface area contributed by atoms with E-state index in [1.807, 2.05) is 6.07 Å². The second kappa shape index (κ2) is 8.33. The van der Waals surface area contributed by atoms with Gasteiger partial charge in [0.15, 0.2) is 6.29 Å². The fourth-order valence-electron chi connectivity index (χ4n) is 1.00. The predicted octanol–water partition coefficient (Wildman–Crippen LogP) is -1.80. The van der Waals surface area contributed by atoms with Crippen molar-refractivity contribution in [3.05, 3.63) is 30.3 Å². The molecule has 0 saturated heterocycles. The second-order valence-corrected chi connectivity index (χ2v) is 2.74. The maximum Gasteiger partial charge on any atom is 1.00 e. The number of carbonyl (C=O) groups is 2. The number of aldehydes is 1. The Balaban J connectivity index is 0.00000225. The van der Waals surface area contributed by atoms with Crippen molar-refractivity contribution in [1.29, 1.82) is 0 Å². The van der Waals surface area contributed by atoms with Gasteiger partial charge >= 0.3 is 35.5 Å². The molecule has 1 aromatic rings. The molecule has 0 amide bonds. The number of para-hydroxylation sites is 1. The van der Waals surface area contributed by atoms with Crippen LogP contribution in [0, 0.1) is 0 Å². The van der Waals surface area contributed by atoms with Gasteiger partial charge in [0.1, 0.15) is 5.75 Å². The van der Waals surface area contributed by atoms with Gasteiger partial charge in [-0.15, -0.1) is 0 Å². The first kappa shape index (κ1) is 15.2. The molecule has 0 aliphatic rings. The van der Waals surface area contributed by atoms with Gasteiger partial charge in [0.05, 0.1) is 6.61 Å². The summed E-state index contributed by atoms with van der Waals surface area (Å²) in [4.78, 5) is 21.8. The van der Waals surface area contributed by atoms with Crippen LogP contribution in [0.15, 0.2) is 30.3 Å². The number of benzene rings is 1. The molecule has 0 aliphatic carbocycles. The van der Waals surface area contributed by atoms with E-state index in [-0.39, 0.29) is 36.2 Å². The number of rotatable bonds is 5. The Morgan fingerprint density at radius 3 is 2.50 bits per heavy atom. The first-order valence-corrected chi connectivity index (χ1v) is 4.61. The average Bonchev–Trinajstić information content (AvgIpc) is 2.27. The summed E-state index contributed by atoms with van der Waals surface area (Å²) in [6.45, 7) is 1.89. The maximum atomic E-state index is 11.2. The molecule has 16 heavy (non-hydrogen) atoms. The van der Waals surface area contributed by atoms with Crippen LogP contribution in [0.5, 0.6) is 5.75 Å². The van der Waals surface area contributed by atoms with E-state index in [0.29, 0.717) is 12.0 Å². The Labute approximate surface area is 116 Å². The summed E-state index contributed by atoms with van der Waals surface area (Å²) in [6.07, 6.45) is -0.766. The molecular formula is C11H12NaO4+. The van der Waals surface area contributed by atoms with Crippen LogP contribution in [-0.4, -0.2) is 25.0 Å². The van der Waals surface area contributed by atoms with Gasteiger partial charge in [-0.05, 0) is 19.1 Å². The van der Waals surface area contributed by atoms with Gasteiger partial charge in [-0.2, -0.15) is 0 Å². The quantitative estimate of drug-likeness (QED) is 0.260. The van der Waals surface area contributed by atoms with Crippen LogP contribution in [0.25, 0.3) is 0 Å². The van der Waals surface area contributed by atoms with E-state index in [2.05, 4.69) is 4.74 Å². The van der Waals surface area contributed by atoms with Crippen LogP contribution in [0.4, 0.5) is 0 Å². The van der Waals surface area contributed by atoms with Gasteiger partial charge in [0.25, 0.3) is 0 Å². The minimum atomic E-state index is -1.19. The minimum Gasteiger partial charge on any atom is -0.471 e. The number of hydrogen-bond donors (Lipinski definition) is 0. The Hall–Kier alpha value is -0.840. The van der Waals surface area contributed by atoms with E-state index >= 15 is 0 Å². The largest absolute Gasteiger partial charge is 1.00 e. The molecule has 1 aromatic carbocycles. The third-order valence-corrected chi connectivity index (χ3v) is 1.65. The number of carbonyl (C=O) groups excluding carboxylic acids is 2. The Morgan fingerprint density at radius 1 is 1.38 bits per heavy atom. The zero-order valence-electron chi connectivity index (χ0n) is 9.38. The topological polar surface area (TPSA) is 52.6 Å². The van der Waals surface area contributed by atoms with E-state index < -0.39 is 12.1 Å². The molecule has 80 valence electrons. The maximum absolute atomic E-state index is 11.2. The molecule has 0 N–H and O–H groups in total. The van der Waals surface area contributed by atoms with Crippen molar-refractivity contribution in [3.63, 3.8) is 0 Å². The van der Waals surface area contributed by atoms with E-state index in [0.717, 1.165) is 0 Å². The van der Waals surface area contributed by atoms with E-state index in [1.54, 1.807) is 31.2 Å². The van der Waals surface area contributed by atoms with Crippen molar-refractivity contribution in [3.8, 4) is 5.75 Å². The monoisotopic (exact) mass is 231 g/mol. The van der Waals surface area contributed by atoms with Crippen LogP contribution < -0.4 is 34.3 Å². The van der Waals surface area contributed by atoms with Crippen LogP contribution in [0.1, 0.15) is 6.92 Å². The number of esters is 1. The van der Waals surface area contributed by atoms with Gasteiger partial charge in [0, 0.05) is 0 Å². The third-order valence-electron chi connectivity index (χ3n) is 1.65. The first-order chi connectivity index (χ1) is 7.27. The van der Waals surface area contributed by atoms with E-state index in [1.165, 1.54) is 0 Å². The molecule has 0 fully saturated rings. The van der Waals surface area contributed by atoms with Crippen molar-refractivity contribution in [1.82, 2.24) is 0 Å². The van der Waals surface area contributed by atoms with Gasteiger partial charge in [0.2, 0.25) is 6.10 Å². The molecular weight excluding hydrogens is 219 g/mol. The minimum absolute atomic E-state index is 0. The fraction of sp³-hybridized carbons (Fsp3) is 0.273.